The molecule has 4 rings (SSSR count). The summed E-state index contributed by atoms with van der Waals surface area (Å²) >= 11 is 2.89. The highest BCUT2D eigenvalue weighted by Crippen LogP contribution is 2.33. The molecule has 0 bridgehead atoms. The summed E-state index contributed by atoms with van der Waals surface area (Å²) in [7, 11) is 1.87. The van der Waals surface area contributed by atoms with Crippen molar-refractivity contribution < 1.29 is 13.7 Å². The molecule has 1 aromatic carbocycles. The Kier molecular flexibility index (Phi) is 5.72. The van der Waals surface area contributed by atoms with Crippen molar-refractivity contribution in [3.05, 3.63) is 59.1 Å². The van der Waals surface area contributed by atoms with Crippen LogP contribution in [0.1, 0.15) is 12.3 Å². The highest BCUT2D eigenvalue weighted by Gasteiger charge is 2.14. The molecular weight excluding hydrogens is 413 g/mol. The van der Waals surface area contributed by atoms with Gasteiger partial charge >= 0.3 is 0 Å². The van der Waals surface area contributed by atoms with Gasteiger partial charge in [-0.1, -0.05) is 5.16 Å². The molecule has 0 aliphatic rings. The number of amides is 1. The molecule has 0 fully saturated rings. The summed E-state index contributed by atoms with van der Waals surface area (Å²) in [6.45, 7) is 0. The molecule has 1 N–H and O–H groups in total. The van der Waals surface area contributed by atoms with E-state index in [9.17, 15) is 9.18 Å². The van der Waals surface area contributed by atoms with Crippen molar-refractivity contribution in [3.63, 3.8) is 0 Å². The number of carbonyl (C=O) groups is 1. The van der Waals surface area contributed by atoms with E-state index in [0.29, 0.717) is 28.7 Å². The molecule has 3 heterocycles. The normalized spacial score (nSPS) is 11.0. The number of hydrogen-bond acceptors (Lipinski definition) is 7. The zero-order chi connectivity index (χ0) is 20.2. The van der Waals surface area contributed by atoms with Gasteiger partial charge in [-0.15, -0.1) is 0 Å². The highest BCUT2D eigenvalue weighted by molar-refractivity contribution is 7.99. The van der Waals surface area contributed by atoms with E-state index in [-0.39, 0.29) is 12.3 Å². The molecule has 0 spiro atoms. The molecule has 10 heteroatoms. The number of aryl methyl sites for hydroxylation is 2. The summed E-state index contributed by atoms with van der Waals surface area (Å²) in [6.07, 6.45) is 3.92. The van der Waals surface area contributed by atoms with Gasteiger partial charge in [0.2, 0.25) is 17.6 Å². The summed E-state index contributed by atoms with van der Waals surface area (Å²) in [5.74, 6) is 0.179. The Morgan fingerprint density at radius 3 is 3.03 bits per heavy atom. The lowest BCUT2D eigenvalue weighted by molar-refractivity contribution is -0.116. The molecule has 4 aromatic rings. The molecule has 29 heavy (non-hydrogen) atoms. The van der Waals surface area contributed by atoms with Crippen LogP contribution in [0.5, 0.6) is 0 Å². The van der Waals surface area contributed by atoms with Gasteiger partial charge in [-0.2, -0.15) is 16.3 Å². The van der Waals surface area contributed by atoms with Crippen LogP contribution in [0.2, 0.25) is 0 Å². The van der Waals surface area contributed by atoms with Gasteiger partial charge in [-0.05, 0) is 41.4 Å². The molecule has 0 saturated carbocycles. The van der Waals surface area contributed by atoms with Gasteiger partial charge in [-0.25, -0.2) is 9.37 Å². The number of imidazole rings is 1. The minimum atomic E-state index is -0.429. The van der Waals surface area contributed by atoms with Crippen molar-refractivity contribution in [1.82, 2.24) is 19.7 Å². The second-order valence-electron chi connectivity index (χ2n) is 6.14. The predicted octanol–water partition coefficient (Wildman–Crippen LogP) is 4.39. The standard InChI is InChI=1S/C19H16FN5O2S2/c1-25-8-7-21-19(25)29-15-3-2-13(20)10-14(15)22-16(26)4-5-17-23-18(24-27-17)12-6-9-28-11-12/h2-3,6-11H,4-5H2,1H3,(H,22,26). The van der Waals surface area contributed by atoms with E-state index >= 15 is 0 Å². The van der Waals surface area contributed by atoms with Crippen molar-refractivity contribution >= 4 is 34.7 Å². The van der Waals surface area contributed by atoms with E-state index in [1.165, 1.54) is 23.9 Å². The molecule has 3 aromatic heterocycles. The molecule has 0 aliphatic carbocycles. The van der Waals surface area contributed by atoms with Gasteiger partial charge in [0.25, 0.3) is 0 Å². The number of nitrogens with one attached hydrogen (secondary N) is 1. The molecule has 0 saturated heterocycles. The van der Waals surface area contributed by atoms with Gasteiger partial charge in [0.15, 0.2) is 5.16 Å². The van der Waals surface area contributed by atoms with Crippen molar-refractivity contribution in [2.75, 3.05) is 5.32 Å². The van der Waals surface area contributed by atoms with Crippen LogP contribution in [-0.2, 0) is 18.3 Å². The van der Waals surface area contributed by atoms with Crippen LogP contribution in [0.25, 0.3) is 11.4 Å². The number of nitrogens with zero attached hydrogens (tertiary/aromatic N) is 4. The Labute approximate surface area is 174 Å². The Hall–Kier alpha value is -2.98. The van der Waals surface area contributed by atoms with Crippen LogP contribution in [0.3, 0.4) is 0 Å². The topological polar surface area (TPSA) is 85.8 Å². The van der Waals surface area contributed by atoms with E-state index in [1.807, 2.05) is 34.6 Å². The second kappa shape index (κ2) is 8.58. The Balaban J connectivity index is 1.40. The van der Waals surface area contributed by atoms with Gasteiger partial charge in [0, 0.05) is 48.1 Å². The maximum Gasteiger partial charge on any atom is 0.227 e. The monoisotopic (exact) mass is 429 g/mol. The minimum Gasteiger partial charge on any atom is -0.339 e. The number of anilines is 1. The summed E-state index contributed by atoms with van der Waals surface area (Å²) in [5, 5.41) is 11.3. The third kappa shape index (κ3) is 4.72. The fourth-order valence-corrected chi connectivity index (χ4v) is 4.04. The molecule has 0 unspecified atom stereocenters. The third-order valence-corrected chi connectivity index (χ3v) is 5.84. The quantitative estimate of drug-likeness (QED) is 0.469. The van der Waals surface area contributed by atoms with Gasteiger partial charge in [0.05, 0.1) is 5.69 Å². The van der Waals surface area contributed by atoms with Crippen LogP contribution in [0.4, 0.5) is 10.1 Å². The largest absolute Gasteiger partial charge is 0.339 e. The number of benzene rings is 1. The molecule has 148 valence electrons. The molecule has 1 amide bonds. The van der Waals surface area contributed by atoms with Crippen LogP contribution in [0, 0.1) is 5.82 Å². The molecule has 0 aliphatic heterocycles. The average Bonchev–Trinajstić information content (AvgIpc) is 3.44. The van der Waals surface area contributed by atoms with Crippen molar-refractivity contribution in [2.45, 2.75) is 22.9 Å². The van der Waals surface area contributed by atoms with E-state index in [2.05, 4.69) is 20.4 Å². The van der Waals surface area contributed by atoms with Crippen molar-refractivity contribution in [1.29, 1.82) is 0 Å². The zero-order valence-corrected chi connectivity index (χ0v) is 17.0. The maximum atomic E-state index is 13.7. The SMILES string of the molecule is Cn1ccnc1Sc1ccc(F)cc1NC(=O)CCc1nc(-c2ccsc2)no1. The zero-order valence-electron chi connectivity index (χ0n) is 15.3. The Morgan fingerprint density at radius 2 is 2.28 bits per heavy atom. The lowest BCUT2D eigenvalue weighted by atomic mass is 10.2. The van der Waals surface area contributed by atoms with Crippen LogP contribution in [-0.4, -0.2) is 25.6 Å². The average molecular weight is 430 g/mol. The molecular formula is C19H16FN5O2S2. The molecule has 0 atom stereocenters. The number of rotatable bonds is 7. The summed E-state index contributed by atoms with van der Waals surface area (Å²) < 4.78 is 20.8. The maximum absolute atomic E-state index is 13.7. The Morgan fingerprint density at radius 1 is 1.38 bits per heavy atom. The van der Waals surface area contributed by atoms with Gasteiger partial charge in [0.1, 0.15) is 5.82 Å². The number of halogens is 1. The van der Waals surface area contributed by atoms with E-state index < -0.39 is 5.82 Å². The van der Waals surface area contributed by atoms with E-state index in [0.717, 1.165) is 10.7 Å². The third-order valence-electron chi connectivity index (χ3n) is 4.01. The first-order chi connectivity index (χ1) is 14.1. The lowest BCUT2D eigenvalue weighted by Crippen LogP contribution is -2.13. The molecule has 7 nitrogen and oxygen atoms in total. The first-order valence-electron chi connectivity index (χ1n) is 8.68. The molecule has 0 radical (unpaired) electrons. The van der Waals surface area contributed by atoms with Crippen LogP contribution < -0.4 is 5.32 Å². The second-order valence-corrected chi connectivity index (χ2v) is 7.92. The van der Waals surface area contributed by atoms with E-state index in [1.54, 1.807) is 23.6 Å². The number of aromatic nitrogens is 4. The number of carbonyl (C=O) groups excluding carboxylic acids is 1. The van der Waals surface area contributed by atoms with Crippen molar-refractivity contribution in [2.24, 2.45) is 7.05 Å². The predicted molar refractivity (Wildman–Crippen MR) is 108 cm³/mol. The lowest BCUT2D eigenvalue weighted by Gasteiger charge is -2.10. The first kappa shape index (κ1) is 19.3. The van der Waals surface area contributed by atoms with Gasteiger partial charge in [-0.3, -0.25) is 4.79 Å². The fraction of sp³-hybridized carbons (Fsp3) is 0.158. The smallest absolute Gasteiger partial charge is 0.227 e. The first-order valence-corrected chi connectivity index (χ1v) is 10.4. The summed E-state index contributed by atoms with van der Waals surface area (Å²) in [5.41, 5.74) is 1.28. The van der Waals surface area contributed by atoms with Crippen LogP contribution >= 0.6 is 23.1 Å². The fourth-order valence-electron chi connectivity index (χ4n) is 2.54. The minimum absolute atomic E-state index is 0.133. The summed E-state index contributed by atoms with van der Waals surface area (Å²) in [6, 6.07) is 6.17. The summed E-state index contributed by atoms with van der Waals surface area (Å²) in [4.78, 5) is 21.6. The number of thiophene rings is 1. The van der Waals surface area contributed by atoms with Gasteiger partial charge < -0.3 is 14.4 Å². The van der Waals surface area contributed by atoms with Crippen LogP contribution in [0.15, 0.2) is 62.0 Å². The number of hydrogen-bond donors (Lipinski definition) is 1. The van der Waals surface area contributed by atoms with E-state index in [4.69, 9.17) is 4.52 Å². The van der Waals surface area contributed by atoms with Crippen molar-refractivity contribution in [3.8, 4) is 11.4 Å². The highest BCUT2D eigenvalue weighted by atomic mass is 32.2. The Bertz CT molecular complexity index is 1120.